The summed E-state index contributed by atoms with van der Waals surface area (Å²) in [5, 5.41) is 12.8. The lowest BCUT2D eigenvalue weighted by molar-refractivity contribution is -0.0855. The average Bonchev–Trinajstić information content (AvgIpc) is 3.33. The lowest BCUT2D eigenvalue weighted by Crippen LogP contribution is -2.52. The first kappa shape index (κ1) is 24.8. The smallest absolute Gasteiger partial charge is 0.419 e. The summed E-state index contributed by atoms with van der Waals surface area (Å²) in [6.45, 7) is 1.65. The number of aliphatic imine (C=N–C) groups is 1. The van der Waals surface area contributed by atoms with E-state index in [0.29, 0.717) is 27.7 Å². The van der Waals surface area contributed by atoms with Gasteiger partial charge < -0.3 is 20.4 Å². The molecule has 0 aliphatic carbocycles. The Morgan fingerprint density at radius 1 is 1.16 bits per heavy atom. The summed E-state index contributed by atoms with van der Waals surface area (Å²) in [4.78, 5) is 19.2. The van der Waals surface area contributed by atoms with Crippen molar-refractivity contribution in [2.24, 2.45) is 4.99 Å². The number of amides is 1. The van der Waals surface area contributed by atoms with E-state index in [0.717, 1.165) is 37.7 Å². The monoisotopic (exact) mass is 512 g/mol. The van der Waals surface area contributed by atoms with Crippen molar-refractivity contribution < 1.29 is 22.7 Å². The Bertz CT molecular complexity index is 1340. The van der Waals surface area contributed by atoms with Gasteiger partial charge >= 0.3 is 12.3 Å². The third kappa shape index (κ3) is 5.18. The van der Waals surface area contributed by atoms with E-state index < -0.39 is 24.1 Å². The summed E-state index contributed by atoms with van der Waals surface area (Å²) in [6, 6.07) is 12.7. The molecule has 2 aliphatic heterocycles. The number of rotatable bonds is 5. The molecule has 1 amide bonds. The maximum Gasteiger partial charge on any atom is 0.419 e. The minimum atomic E-state index is -4.61. The number of halogens is 3. The minimum absolute atomic E-state index is 0.0669. The van der Waals surface area contributed by atoms with Crippen LogP contribution in [0.2, 0.25) is 0 Å². The Morgan fingerprint density at radius 2 is 1.97 bits per heavy atom. The number of benzene rings is 2. The molecule has 3 heterocycles. The van der Waals surface area contributed by atoms with Gasteiger partial charge in [-0.15, -0.1) is 0 Å². The molecule has 5 N–H and O–H groups in total. The van der Waals surface area contributed by atoms with Crippen LogP contribution in [0, 0.1) is 0 Å². The first-order valence-electron chi connectivity index (χ1n) is 12.0. The number of nitrogens with zero attached hydrogens (tertiary/aromatic N) is 1. The molecule has 194 valence electrons. The number of ether oxygens (including phenoxy) is 1. The molecule has 2 unspecified atom stereocenters. The summed E-state index contributed by atoms with van der Waals surface area (Å²) in [7, 11) is 1.26. The van der Waals surface area contributed by atoms with Crippen LogP contribution in [-0.4, -0.2) is 56.0 Å². The van der Waals surface area contributed by atoms with E-state index in [4.69, 9.17) is 4.74 Å². The lowest BCUT2D eigenvalue weighted by Gasteiger charge is -2.31. The van der Waals surface area contributed by atoms with Gasteiger partial charge in [0.15, 0.2) is 6.29 Å². The number of aromatic nitrogens is 1. The number of H-pyrrole nitrogens is 1. The number of hydrogen-bond donors (Lipinski definition) is 5. The zero-order valence-corrected chi connectivity index (χ0v) is 20.1. The van der Waals surface area contributed by atoms with Gasteiger partial charge in [0.1, 0.15) is 0 Å². The number of hydrogen-bond acceptors (Lipinski definition) is 6. The second-order valence-electron chi connectivity index (χ2n) is 8.92. The molecule has 37 heavy (non-hydrogen) atoms. The molecule has 1 fully saturated rings. The van der Waals surface area contributed by atoms with Gasteiger partial charge in [0.25, 0.3) is 0 Å². The fourth-order valence-corrected chi connectivity index (χ4v) is 4.78. The number of piperidine rings is 1. The highest BCUT2D eigenvalue weighted by Crippen LogP contribution is 2.40. The van der Waals surface area contributed by atoms with Gasteiger partial charge in [0, 0.05) is 41.5 Å². The van der Waals surface area contributed by atoms with E-state index in [2.05, 4.69) is 31.2 Å². The topological polar surface area (TPSA) is 103 Å². The van der Waals surface area contributed by atoms with E-state index in [1.165, 1.54) is 7.11 Å². The Labute approximate surface area is 211 Å². The SMILES string of the molecule is COC(=O)Nc1ccc2c(C3=C(C(F)(F)F)C=NC(NC4CCCNC4)N3)c[nH]c2c1-c1ccccc1. The third-order valence-corrected chi connectivity index (χ3v) is 6.51. The highest BCUT2D eigenvalue weighted by atomic mass is 19.4. The number of aromatic amines is 1. The average molecular weight is 513 g/mol. The standard InChI is InChI=1S/C26H27F3N6O2/c1-37-25(36)34-20-10-9-17-18(13-31-23(17)21(20)15-6-3-2-4-7-15)22-19(26(27,28)29)14-32-24(35-22)33-16-8-5-11-30-12-16/h2-4,6-7,9-10,13-14,16,24,30-31,33,35H,5,8,11-12H2,1H3,(H,34,36). The van der Waals surface area contributed by atoms with Crippen LogP contribution < -0.4 is 21.3 Å². The number of fused-ring (bicyclic) bond motifs is 1. The van der Waals surface area contributed by atoms with Crippen LogP contribution in [0.4, 0.5) is 23.7 Å². The van der Waals surface area contributed by atoms with Crippen LogP contribution in [-0.2, 0) is 4.74 Å². The summed E-state index contributed by atoms with van der Waals surface area (Å²) in [5.41, 5.74) is 1.88. The molecule has 1 saturated heterocycles. The second-order valence-corrected chi connectivity index (χ2v) is 8.92. The van der Waals surface area contributed by atoms with Crippen molar-refractivity contribution in [2.45, 2.75) is 31.3 Å². The number of carbonyl (C=O) groups excluding carboxylic acids is 1. The fourth-order valence-electron chi connectivity index (χ4n) is 4.78. The number of methoxy groups -OCH3 is 1. The maximum absolute atomic E-state index is 14.1. The Balaban J connectivity index is 1.59. The number of alkyl halides is 3. The minimum Gasteiger partial charge on any atom is -0.453 e. The molecule has 3 aromatic rings. The first-order chi connectivity index (χ1) is 17.8. The Kier molecular flexibility index (Phi) is 6.90. The normalized spacial score (nSPS) is 20.1. The molecule has 5 rings (SSSR count). The van der Waals surface area contributed by atoms with E-state index in [1.807, 2.05) is 30.3 Å². The van der Waals surface area contributed by atoms with E-state index in [1.54, 1.807) is 18.3 Å². The summed E-state index contributed by atoms with van der Waals surface area (Å²) in [6.07, 6.45) is -1.63. The van der Waals surface area contributed by atoms with Crippen molar-refractivity contribution in [2.75, 3.05) is 25.5 Å². The highest BCUT2D eigenvalue weighted by Gasteiger charge is 2.39. The molecule has 2 aliphatic rings. The number of carbonyl (C=O) groups is 1. The van der Waals surface area contributed by atoms with Gasteiger partial charge in [-0.2, -0.15) is 13.2 Å². The van der Waals surface area contributed by atoms with Crippen LogP contribution in [0.15, 0.2) is 59.2 Å². The number of allylic oxidation sites excluding steroid dienone is 1. The van der Waals surface area contributed by atoms with Crippen LogP contribution in [0.5, 0.6) is 0 Å². The summed E-state index contributed by atoms with van der Waals surface area (Å²) < 4.78 is 47.0. The van der Waals surface area contributed by atoms with Crippen LogP contribution in [0.3, 0.4) is 0 Å². The molecule has 1 aromatic heterocycles. The lowest BCUT2D eigenvalue weighted by atomic mass is 9.97. The molecule has 0 spiro atoms. The van der Waals surface area contributed by atoms with Crippen LogP contribution in [0.25, 0.3) is 27.7 Å². The van der Waals surface area contributed by atoms with Gasteiger partial charge in [-0.1, -0.05) is 36.4 Å². The molecule has 8 nitrogen and oxygen atoms in total. The predicted octanol–water partition coefficient (Wildman–Crippen LogP) is 4.59. The summed E-state index contributed by atoms with van der Waals surface area (Å²) >= 11 is 0. The van der Waals surface area contributed by atoms with Crippen molar-refractivity contribution in [3.05, 3.63) is 59.8 Å². The molecular formula is C26H27F3N6O2. The number of anilines is 1. The van der Waals surface area contributed by atoms with Crippen LogP contribution >= 0.6 is 0 Å². The first-order valence-corrected chi connectivity index (χ1v) is 12.0. The highest BCUT2D eigenvalue weighted by molar-refractivity contribution is 6.09. The van der Waals surface area contributed by atoms with E-state index in [9.17, 15) is 18.0 Å². The predicted molar refractivity (Wildman–Crippen MR) is 137 cm³/mol. The third-order valence-electron chi connectivity index (χ3n) is 6.51. The maximum atomic E-state index is 14.1. The van der Waals surface area contributed by atoms with Gasteiger partial charge in [0.2, 0.25) is 0 Å². The molecule has 0 radical (unpaired) electrons. The quantitative estimate of drug-likeness (QED) is 0.344. The van der Waals surface area contributed by atoms with E-state index in [-0.39, 0.29) is 11.7 Å². The van der Waals surface area contributed by atoms with Gasteiger partial charge in [-0.25, -0.2) is 4.79 Å². The van der Waals surface area contributed by atoms with Crippen molar-refractivity contribution in [1.29, 1.82) is 0 Å². The van der Waals surface area contributed by atoms with Crippen molar-refractivity contribution in [1.82, 2.24) is 20.9 Å². The molecular weight excluding hydrogens is 485 g/mol. The van der Waals surface area contributed by atoms with Gasteiger partial charge in [-0.05, 0) is 31.0 Å². The zero-order chi connectivity index (χ0) is 26.0. The van der Waals surface area contributed by atoms with Crippen molar-refractivity contribution >= 4 is 34.6 Å². The molecule has 0 saturated carbocycles. The van der Waals surface area contributed by atoms with Crippen molar-refractivity contribution in [3.8, 4) is 11.1 Å². The largest absolute Gasteiger partial charge is 0.453 e. The molecule has 11 heteroatoms. The van der Waals surface area contributed by atoms with Gasteiger partial charge in [0.05, 0.1) is 29.6 Å². The van der Waals surface area contributed by atoms with Crippen LogP contribution in [0.1, 0.15) is 18.4 Å². The Morgan fingerprint density at radius 3 is 2.68 bits per heavy atom. The second kappa shape index (κ2) is 10.3. The van der Waals surface area contributed by atoms with Gasteiger partial charge in [-0.3, -0.25) is 15.6 Å². The molecule has 2 aromatic carbocycles. The van der Waals surface area contributed by atoms with Crippen molar-refractivity contribution in [3.63, 3.8) is 0 Å². The molecule has 2 atom stereocenters. The van der Waals surface area contributed by atoms with E-state index >= 15 is 0 Å². The summed E-state index contributed by atoms with van der Waals surface area (Å²) in [5.74, 6) is 0. The molecule has 0 bridgehead atoms. The fraction of sp³-hybridized carbons (Fsp3) is 0.308. The zero-order valence-electron chi connectivity index (χ0n) is 20.1. The Hall–Kier alpha value is -3.83. The number of nitrogens with one attached hydrogen (secondary N) is 5.